The molecular weight excluding hydrogens is 383 g/mol. The fraction of sp³-hybridized carbons (Fsp3) is 0.238. The zero-order valence-electron chi connectivity index (χ0n) is 16.0. The summed E-state index contributed by atoms with van der Waals surface area (Å²) in [6, 6.07) is 14.3. The first-order valence-electron chi connectivity index (χ1n) is 8.91. The van der Waals surface area contributed by atoms with E-state index in [4.69, 9.17) is 0 Å². The minimum absolute atomic E-state index is 0.0300. The number of alkyl halides is 3. The summed E-state index contributed by atoms with van der Waals surface area (Å²) in [5, 5.41) is 3.24. The smallest absolute Gasteiger partial charge is 0.335 e. The Bertz CT molecular complexity index is 1060. The Morgan fingerprint density at radius 3 is 2.45 bits per heavy atom. The van der Waals surface area contributed by atoms with Crippen molar-refractivity contribution in [2.45, 2.75) is 19.6 Å². The molecule has 1 N–H and O–H groups in total. The second-order valence-corrected chi connectivity index (χ2v) is 6.77. The SMILES string of the molecule is Cc1cc2ccccc2n1CC(=O)N(C)CC(=O)Nc1ccccc1C(F)(F)F. The Morgan fingerprint density at radius 2 is 1.72 bits per heavy atom. The van der Waals surface area contributed by atoms with Crippen molar-refractivity contribution in [1.82, 2.24) is 9.47 Å². The van der Waals surface area contributed by atoms with E-state index in [2.05, 4.69) is 5.32 Å². The van der Waals surface area contributed by atoms with Crippen molar-refractivity contribution in [3.8, 4) is 0 Å². The molecule has 0 aliphatic carbocycles. The third kappa shape index (κ3) is 4.59. The number of amides is 2. The second-order valence-electron chi connectivity index (χ2n) is 6.77. The van der Waals surface area contributed by atoms with Gasteiger partial charge in [-0.25, -0.2) is 0 Å². The highest BCUT2D eigenvalue weighted by Gasteiger charge is 2.33. The van der Waals surface area contributed by atoms with Crippen LogP contribution >= 0.6 is 0 Å². The van der Waals surface area contributed by atoms with Gasteiger partial charge in [0.2, 0.25) is 11.8 Å². The number of carbonyl (C=O) groups is 2. The lowest BCUT2D eigenvalue weighted by molar-refractivity contribution is -0.137. The monoisotopic (exact) mass is 403 g/mol. The molecule has 0 aliphatic rings. The highest BCUT2D eigenvalue weighted by atomic mass is 19.4. The predicted molar refractivity (Wildman–Crippen MR) is 104 cm³/mol. The van der Waals surface area contributed by atoms with Crippen LogP contribution in [0.25, 0.3) is 10.9 Å². The van der Waals surface area contributed by atoms with E-state index >= 15 is 0 Å². The Morgan fingerprint density at radius 1 is 1.07 bits per heavy atom. The maximum atomic E-state index is 13.0. The highest BCUT2D eigenvalue weighted by Crippen LogP contribution is 2.34. The van der Waals surface area contributed by atoms with E-state index in [1.54, 1.807) is 0 Å². The number of fused-ring (bicyclic) bond motifs is 1. The summed E-state index contributed by atoms with van der Waals surface area (Å²) >= 11 is 0. The molecule has 5 nitrogen and oxygen atoms in total. The molecule has 0 unspecified atom stereocenters. The van der Waals surface area contributed by atoms with Crippen molar-refractivity contribution < 1.29 is 22.8 Å². The molecule has 0 saturated carbocycles. The maximum Gasteiger partial charge on any atom is 0.418 e. The van der Waals surface area contributed by atoms with Gasteiger partial charge in [-0.05, 0) is 36.6 Å². The van der Waals surface area contributed by atoms with E-state index in [1.165, 1.54) is 30.1 Å². The van der Waals surface area contributed by atoms with Crippen molar-refractivity contribution in [2.75, 3.05) is 18.9 Å². The van der Waals surface area contributed by atoms with Gasteiger partial charge in [0, 0.05) is 18.3 Å². The number of halogens is 3. The number of hydrogen-bond donors (Lipinski definition) is 1. The molecule has 0 fully saturated rings. The molecule has 0 bridgehead atoms. The highest BCUT2D eigenvalue weighted by molar-refractivity contribution is 5.95. The molecule has 2 aromatic carbocycles. The Kier molecular flexibility index (Phi) is 5.63. The van der Waals surface area contributed by atoms with E-state index < -0.39 is 17.6 Å². The van der Waals surface area contributed by atoms with Crippen molar-refractivity contribution in [3.05, 3.63) is 65.9 Å². The zero-order valence-corrected chi connectivity index (χ0v) is 16.0. The predicted octanol–water partition coefficient (Wildman–Crippen LogP) is 4.07. The number of nitrogens with zero attached hydrogens (tertiary/aromatic N) is 2. The number of anilines is 1. The van der Waals surface area contributed by atoms with Gasteiger partial charge in [0.15, 0.2) is 0 Å². The van der Waals surface area contributed by atoms with Gasteiger partial charge in [-0.15, -0.1) is 0 Å². The summed E-state index contributed by atoms with van der Waals surface area (Å²) in [7, 11) is 1.44. The second kappa shape index (κ2) is 7.98. The molecule has 29 heavy (non-hydrogen) atoms. The van der Waals surface area contributed by atoms with Crippen LogP contribution in [-0.2, 0) is 22.3 Å². The van der Waals surface area contributed by atoms with Crippen LogP contribution in [0.15, 0.2) is 54.6 Å². The van der Waals surface area contributed by atoms with Crippen molar-refractivity contribution >= 4 is 28.4 Å². The largest absolute Gasteiger partial charge is 0.418 e. The Labute approximate surface area is 165 Å². The molecule has 0 radical (unpaired) electrons. The van der Waals surface area contributed by atoms with Crippen LogP contribution in [0.2, 0.25) is 0 Å². The van der Waals surface area contributed by atoms with Crippen molar-refractivity contribution in [1.29, 1.82) is 0 Å². The number of rotatable bonds is 5. The standard InChI is InChI=1S/C21H20F3N3O2/c1-14-11-15-7-3-6-10-18(15)27(14)13-20(29)26(2)12-19(28)25-17-9-5-4-8-16(17)21(22,23)24/h3-11H,12-13H2,1-2H3,(H,25,28). The number of aromatic nitrogens is 1. The third-order valence-electron chi connectivity index (χ3n) is 4.62. The first-order valence-corrected chi connectivity index (χ1v) is 8.91. The van der Waals surface area contributed by atoms with Crippen LogP contribution < -0.4 is 5.32 Å². The van der Waals surface area contributed by atoms with Gasteiger partial charge in [0.05, 0.1) is 17.8 Å². The minimum Gasteiger partial charge on any atom is -0.335 e. The van der Waals surface area contributed by atoms with Gasteiger partial charge >= 0.3 is 6.18 Å². The van der Waals surface area contributed by atoms with Gasteiger partial charge in [0.25, 0.3) is 0 Å². The number of likely N-dealkylation sites (N-methyl/N-ethyl adjacent to an activating group) is 1. The summed E-state index contributed by atoms with van der Waals surface area (Å²) in [4.78, 5) is 26.0. The van der Waals surface area contributed by atoms with E-state index in [1.807, 2.05) is 41.8 Å². The molecule has 152 valence electrons. The first-order chi connectivity index (χ1) is 13.7. The fourth-order valence-electron chi connectivity index (χ4n) is 3.15. The van der Waals surface area contributed by atoms with Crippen LogP contribution in [0.1, 0.15) is 11.3 Å². The van der Waals surface area contributed by atoms with Crippen molar-refractivity contribution in [3.63, 3.8) is 0 Å². The topological polar surface area (TPSA) is 54.3 Å². The summed E-state index contributed by atoms with van der Waals surface area (Å²) < 4.78 is 41.0. The Hall–Kier alpha value is -3.29. The number of hydrogen-bond acceptors (Lipinski definition) is 2. The summed E-state index contributed by atoms with van der Waals surface area (Å²) in [5.74, 6) is -1.03. The molecule has 3 rings (SSSR count). The number of benzene rings is 2. The normalized spacial score (nSPS) is 11.5. The van der Waals surface area contributed by atoms with Gasteiger partial charge < -0.3 is 14.8 Å². The quantitative estimate of drug-likeness (QED) is 0.698. The van der Waals surface area contributed by atoms with Crippen LogP contribution in [0, 0.1) is 6.92 Å². The van der Waals surface area contributed by atoms with Crippen LogP contribution in [0.3, 0.4) is 0 Å². The van der Waals surface area contributed by atoms with Crippen LogP contribution in [0.4, 0.5) is 18.9 Å². The Balaban J connectivity index is 1.67. The molecule has 1 aromatic heterocycles. The molecule has 0 aliphatic heterocycles. The molecule has 0 saturated heterocycles. The molecule has 2 amide bonds. The average Bonchev–Trinajstić information content (AvgIpc) is 2.96. The van der Waals surface area contributed by atoms with Gasteiger partial charge in [-0.2, -0.15) is 13.2 Å². The zero-order chi connectivity index (χ0) is 21.2. The van der Waals surface area contributed by atoms with E-state index in [-0.39, 0.29) is 24.7 Å². The number of nitrogens with one attached hydrogen (secondary N) is 1. The van der Waals surface area contributed by atoms with Crippen LogP contribution in [0.5, 0.6) is 0 Å². The van der Waals surface area contributed by atoms with Gasteiger partial charge in [-0.1, -0.05) is 30.3 Å². The van der Waals surface area contributed by atoms with E-state index in [0.717, 1.165) is 22.7 Å². The molecule has 1 heterocycles. The van der Waals surface area contributed by atoms with Gasteiger partial charge in [0.1, 0.15) is 6.54 Å². The lowest BCUT2D eigenvalue weighted by Gasteiger charge is -2.19. The van der Waals surface area contributed by atoms with E-state index in [0.29, 0.717) is 0 Å². The maximum absolute atomic E-state index is 13.0. The molecule has 0 atom stereocenters. The summed E-state index contributed by atoms with van der Waals surface area (Å²) in [6.45, 7) is 1.56. The number of aryl methyl sites for hydroxylation is 1. The minimum atomic E-state index is -4.58. The van der Waals surface area contributed by atoms with Crippen molar-refractivity contribution in [2.24, 2.45) is 0 Å². The molecule has 8 heteroatoms. The first kappa shape index (κ1) is 20.4. The van der Waals surface area contributed by atoms with Crippen LogP contribution in [-0.4, -0.2) is 34.9 Å². The average molecular weight is 403 g/mol. The number of para-hydroxylation sites is 2. The summed E-state index contributed by atoms with van der Waals surface area (Å²) in [5.41, 5.74) is 0.529. The molecule has 0 spiro atoms. The third-order valence-corrected chi connectivity index (χ3v) is 4.62. The molecular formula is C21H20F3N3O2. The molecule has 3 aromatic rings. The fourth-order valence-corrected chi connectivity index (χ4v) is 3.15. The van der Waals surface area contributed by atoms with Gasteiger partial charge in [-0.3, -0.25) is 9.59 Å². The lowest BCUT2D eigenvalue weighted by Crippen LogP contribution is -2.37. The number of carbonyl (C=O) groups excluding carboxylic acids is 2. The summed E-state index contributed by atoms with van der Waals surface area (Å²) in [6.07, 6.45) is -4.58. The lowest BCUT2D eigenvalue weighted by atomic mass is 10.1. The van der Waals surface area contributed by atoms with E-state index in [9.17, 15) is 22.8 Å².